The highest BCUT2D eigenvalue weighted by Gasteiger charge is 2.27. The van der Waals surface area contributed by atoms with Gasteiger partial charge in [-0.25, -0.2) is 0 Å². The van der Waals surface area contributed by atoms with Gasteiger partial charge in [0.2, 0.25) is 4.96 Å². The molecule has 92 valence electrons. The number of hydrogen-bond donors (Lipinski definition) is 2. The minimum Gasteiger partial charge on any atom is -0.391 e. The molecule has 0 radical (unpaired) electrons. The van der Waals surface area contributed by atoms with E-state index in [0.717, 1.165) is 23.6 Å². The molecule has 2 unspecified atom stereocenters. The highest BCUT2D eigenvalue weighted by molar-refractivity contribution is 7.16. The Labute approximate surface area is 102 Å². The Balaban J connectivity index is 1.98. The maximum atomic E-state index is 9.47. The molecule has 3 rings (SSSR count). The zero-order valence-electron chi connectivity index (χ0n) is 9.58. The van der Waals surface area contributed by atoms with E-state index in [1.54, 1.807) is 11.4 Å². The van der Waals surface area contributed by atoms with Gasteiger partial charge in [-0.15, -0.1) is 10.2 Å². The van der Waals surface area contributed by atoms with Crippen molar-refractivity contribution in [3.63, 3.8) is 0 Å². The summed E-state index contributed by atoms with van der Waals surface area (Å²) in [6.45, 7) is 1.67. The van der Waals surface area contributed by atoms with Crippen LogP contribution in [0, 0.1) is 0 Å². The minimum absolute atomic E-state index is 0.448. The maximum absolute atomic E-state index is 9.47. The number of nitrogens with two attached hydrogens (primary N) is 1. The van der Waals surface area contributed by atoms with Crippen LogP contribution in [0.4, 0.5) is 0 Å². The summed E-state index contributed by atoms with van der Waals surface area (Å²) in [4.78, 5) is 0.762. The lowest BCUT2D eigenvalue weighted by Crippen LogP contribution is -2.23. The number of aromatic nitrogens is 4. The fraction of sp³-hybridized carbons (Fsp3) is 0.700. The van der Waals surface area contributed by atoms with Crippen molar-refractivity contribution in [1.29, 1.82) is 0 Å². The van der Waals surface area contributed by atoms with Gasteiger partial charge in [-0.1, -0.05) is 17.8 Å². The summed E-state index contributed by atoms with van der Waals surface area (Å²) in [6.07, 6.45) is 2.97. The van der Waals surface area contributed by atoms with Crippen LogP contribution in [0.5, 0.6) is 0 Å². The molecule has 2 aromatic rings. The molecule has 2 heterocycles. The Morgan fingerprint density at radius 2 is 2.24 bits per heavy atom. The molecule has 3 N–H and O–H groups in total. The molecule has 1 aliphatic rings. The normalized spacial score (nSPS) is 20.4. The van der Waals surface area contributed by atoms with Crippen LogP contribution in [0.1, 0.15) is 49.0 Å². The van der Waals surface area contributed by atoms with Crippen molar-refractivity contribution in [2.75, 3.05) is 0 Å². The van der Waals surface area contributed by atoms with E-state index in [0.29, 0.717) is 10.9 Å². The van der Waals surface area contributed by atoms with E-state index in [2.05, 4.69) is 15.3 Å². The summed E-state index contributed by atoms with van der Waals surface area (Å²) < 4.78 is 1.78. The molecule has 0 aromatic carbocycles. The molecular weight excluding hydrogens is 238 g/mol. The molecule has 2 atom stereocenters. The molecule has 7 heteroatoms. The van der Waals surface area contributed by atoms with Crippen molar-refractivity contribution >= 4 is 16.3 Å². The monoisotopic (exact) mass is 253 g/mol. The van der Waals surface area contributed by atoms with E-state index in [4.69, 9.17) is 5.73 Å². The van der Waals surface area contributed by atoms with Crippen molar-refractivity contribution in [1.82, 2.24) is 19.8 Å². The predicted octanol–water partition coefficient (Wildman–Crippen LogP) is 0.834. The Bertz CT molecular complexity index is 530. The van der Waals surface area contributed by atoms with E-state index in [-0.39, 0.29) is 0 Å². The molecule has 0 saturated heterocycles. The third-order valence-electron chi connectivity index (χ3n) is 3.31. The van der Waals surface area contributed by atoms with Crippen LogP contribution in [0.15, 0.2) is 0 Å². The molecule has 0 aliphatic heterocycles. The molecule has 0 spiro atoms. The largest absolute Gasteiger partial charge is 0.391 e. The Kier molecular flexibility index (Phi) is 2.61. The maximum Gasteiger partial charge on any atom is 0.234 e. The first kappa shape index (κ1) is 11.1. The van der Waals surface area contributed by atoms with Gasteiger partial charge in [-0.05, 0) is 19.8 Å². The molecular formula is C10H15N5OS. The van der Waals surface area contributed by atoms with Crippen molar-refractivity contribution < 1.29 is 5.11 Å². The summed E-state index contributed by atoms with van der Waals surface area (Å²) in [5.41, 5.74) is 5.87. The zero-order valence-corrected chi connectivity index (χ0v) is 10.4. The van der Waals surface area contributed by atoms with Gasteiger partial charge in [-0.3, -0.25) is 0 Å². The number of hydrogen-bond acceptors (Lipinski definition) is 6. The predicted molar refractivity (Wildman–Crippen MR) is 63.9 cm³/mol. The van der Waals surface area contributed by atoms with Crippen LogP contribution < -0.4 is 5.73 Å². The van der Waals surface area contributed by atoms with Gasteiger partial charge in [0.15, 0.2) is 5.82 Å². The summed E-state index contributed by atoms with van der Waals surface area (Å²) >= 11 is 1.40. The summed E-state index contributed by atoms with van der Waals surface area (Å²) in [7, 11) is 0. The quantitative estimate of drug-likeness (QED) is 0.845. The van der Waals surface area contributed by atoms with Gasteiger partial charge >= 0.3 is 0 Å². The first-order valence-corrected chi connectivity index (χ1v) is 6.64. The zero-order chi connectivity index (χ0) is 12.0. The van der Waals surface area contributed by atoms with Crippen molar-refractivity contribution in [2.24, 2.45) is 5.73 Å². The molecule has 6 nitrogen and oxygen atoms in total. The molecule has 1 saturated carbocycles. The Morgan fingerprint density at radius 1 is 1.47 bits per heavy atom. The minimum atomic E-state index is -0.606. The molecule has 0 amide bonds. The topological polar surface area (TPSA) is 89.3 Å². The molecule has 0 bridgehead atoms. The van der Waals surface area contributed by atoms with E-state index >= 15 is 0 Å². The van der Waals surface area contributed by atoms with Crippen LogP contribution in [-0.2, 0) is 0 Å². The van der Waals surface area contributed by atoms with E-state index in [9.17, 15) is 5.11 Å². The Hall–Kier alpha value is -1.05. The molecule has 1 fully saturated rings. The van der Waals surface area contributed by atoms with Gasteiger partial charge in [0.05, 0.1) is 12.1 Å². The van der Waals surface area contributed by atoms with Gasteiger partial charge in [0.1, 0.15) is 5.01 Å². The van der Waals surface area contributed by atoms with Crippen LogP contribution >= 0.6 is 11.3 Å². The second kappa shape index (κ2) is 4.01. The fourth-order valence-electron chi connectivity index (χ4n) is 1.91. The first-order chi connectivity index (χ1) is 8.16. The second-order valence-corrected chi connectivity index (χ2v) is 5.57. The number of aliphatic hydroxyl groups is 1. The SMILES string of the molecule is CC(O)C(N)c1nn2c(C3CCC3)nnc2s1. The van der Waals surface area contributed by atoms with Gasteiger partial charge in [0.25, 0.3) is 0 Å². The lowest BCUT2D eigenvalue weighted by Gasteiger charge is -2.22. The number of aliphatic hydroxyl groups excluding tert-OH is 1. The smallest absolute Gasteiger partial charge is 0.234 e. The third kappa shape index (κ3) is 1.74. The summed E-state index contributed by atoms with van der Waals surface area (Å²) in [5.74, 6) is 1.43. The van der Waals surface area contributed by atoms with E-state index in [1.165, 1.54) is 17.8 Å². The van der Waals surface area contributed by atoms with Crippen molar-refractivity contribution in [2.45, 2.75) is 44.2 Å². The number of fused-ring (bicyclic) bond motifs is 1. The average molecular weight is 253 g/mol. The third-order valence-corrected chi connectivity index (χ3v) is 4.31. The van der Waals surface area contributed by atoms with Crippen LogP contribution in [-0.4, -0.2) is 31.0 Å². The van der Waals surface area contributed by atoms with Crippen LogP contribution in [0.25, 0.3) is 4.96 Å². The molecule has 17 heavy (non-hydrogen) atoms. The van der Waals surface area contributed by atoms with Crippen molar-refractivity contribution in [3.05, 3.63) is 10.8 Å². The molecule has 2 aromatic heterocycles. The van der Waals surface area contributed by atoms with Gasteiger partial charge in [-0.2, -0.15) is 9.61 Å². The van der Waals surface area contributed by atoms with Gasteiger partial charge in [0, 0.05) is 5.92 Å². The molecule has 1 aliphatic carbocycles. The first-order valence-electron chi connectivity index (χ1n) is 5.82. The van der Waals surface area contributed by atoms with E-state index in [1.807, 2.05) is 0 Å². The number of nitrogens with zero attached hydrogens (tertiary/aromatic N) is 4. The highest BCUT2D eigenvalue weighted by Crippen LogP contribution is 2.36. The van der Waals surface area contributed by atoms with E-state index < -0.39 is 12.1 Å². The number of rotatable bonds is 3. The lowest BCUT2D eigenvalue weighted by molar-refractivity contribution is 0.163. The Morgan fingerprint density at radius 3 is 2.82 bits per heavy atom. The van der Waals surface area contributed by atoms with Crippen molar-refractivity contribution in [3.8, 4) is 0 Å². The highest BCUT2D eigenvalue weighted by atomic mass is 32.1. The van der Waals surface area contributed by atoms with Crippen LogP contribution in [0.2, 0.25) is 0 Å². The average Bonchev–Trinajstić information content (AvgIpc) is 2.76. The summed E-state index contributed by atoms with van der Waals surface area (Å²) in [6, 6.07) is -0.448. The standard InChI is InChI=1S/C10H15N5OS/c1-5(16)7(11)9-14-15-8(6-3-2-4-6)12-13-10(15)17-9/h5-7,16H,2-4,11H2,1H3. The summed E-state index contributed by atoms with van der Waals surface area (Å²) in [5, 5.41) is 22.9. The second-order valence-electron chi connectivity index (χ2n) is 4.59. The lowest BCUT2D eigenvalue weighted by atomic mass is 9.85. The van der Waals surface area contributed by atoms with Gasteiger partial charge < -0.3 is 10.8 Å². The fourth-order valence-corrected chi connectivity index (χ4v) is 2.85. The van der Waals surface area contributed by atoms with Crippen LogP contribution in [0.3, 0.4) is 0 Å².